The Morgan fingerprint density at radius 3 is 2.24 bits per heavy atom. The van der Waals surface area contributed by atoms with E-state index >= 15 is 0 Å². The molecule has 154 valence electrons. The van der Waals surface area contributed by atoms with Gasteiger partial charge in [-0.1, -0.05) is 77.2 Å². The lowest BCUT2D eigenvalue weighted by Gasteiger charge is -2.19. The van der Waals surface area contributed by atoms with Gasteiger partial charge in [0.1, 0.15) is 0 Å². The number of rotatable bonds is 8. The molecule has 0 aliphatic rings. The van der Waals surface area contributed by atoms with Gasteiger partial charge in [0, 0.05) is 24.2 Å². The molecular weight excluding hydrogens is 376 g/mol. The van der Waals surface area contributed by atoms with Crippen LogP contribution in [0.1, 0.15) is 74.5 Å². The summed E-state index contributed by atoms with van der Waals surface area (Å²) in [6, 6.07) is 11.4. The van der Waals surface area contributed by atoms with E-state index in [2.05, 4.69) is 58.6 Å². The molecule has 0 amide bonds. The Balaban J connectivity index is 2.38. The Bertz CT molecular complexity index is 848. The van der Waals surface area contributed by atoms with Crippen LogP contribution in [0.15, 0.2) is 61.4 Å². The predicted octanol–water partition coefficient (Wildman–Crippen LogP) is 5.31. The van der Waals surface area contributed by atoms with Crippen molar-refractivity contribution in [1.29, 1.82) is 0 Å². The Kier molecular flexibility index (Phi) is 7.86. The molecule has 0 saturated heterocycles. The molecule has 1 N–H and O–H groups in total. The minimum atomic E-state index is -0.589. The van der Waals surface area contributed by atoms with Gasteiger partial charge in [0.15, 0.2) is 17.4 Å². The summed E-state index contributed by atoms with van der Waals surface area (Å²) in [5.74, 6) is 0.459. The number of thiocarbonyl (C=S) groups is 1. The zero-order chi connectivity index (χ0) is 21.6. The molecule has 3 nitrogen and oxygen atoms in total. The summed E-state index contributed by atoms with van der Waals surface area (Å²) >= 11 is 5.59. The number of benzene rings is 1. The van der Waals surface area contributed by atoms with Crippen LogP contribution in [-0.2, 0) is 5.41 Å². The van der Waals surface area contributed by atoms with E-state index < -0.39 is 6.04 Å². The molecule has 0 unspecified atom stereocenters. The average Bonchev–Trinajstić information content (AvgIpc) is 2.71. The number of nitrogens with zero attached hydrogens (tertiary/aromatic N) is 1. The summed E-state index contributed by atoms with van der Waals surface area (Å²) in [6.45, 7) is 15.1. The van der Waals surface area contributed by atoms with E-state index in [0.717, 1.165) is 6.42 Å². The zero-order valence-corrected chi connectivity index (χ0v) is 19.1. The number of ketones is 1. The van der Waals surface area contributed by atoms with E-state index in [9.17, 15) is 4.79 Å². The van der Waals surface area contributed by atoms with Gasteiger partial charge in [-0.15, -0.1) is 6.58 Å². The number of Topliss-reactive ketones (excluding diaryl/α,β-unsaturated/α-hetero) is 1. The second-order valence-corrected chi connectivity index (χ2v) is 8.96. The third-order valence-electron chi connectivity index (χ3n) is 5.31. The Labute approximate surface area is 180 Å². The minimum absolute atomic E-state index is 0.0178. The summed E-state index contributed by atoms with van der Waals surface area (Å²) in [7, 11) is 0. The van der Waals surface area contributed by atoms with Gasteiger partial charge in [0.2, 0.25) is 5.78 Å². The van der Waals surface area contributed by atoms with Crippen LogP contribution in [0, 0.1) is 0 Å². The first kappa shape index (κ1) is 23.0. The zero-order valence-electron chi connectivity index (χ0n) is 18.2. The van der Waals surface area contributed by atoms with Crippen LogP contribution in [0.5, 0.6) is 0 Å². The smallest absolute Gasteiger partial charge is 0.270 e. The van der Waals surface area contributed by atoms with Crippen molar-refractivity contribution in [2.75, 3.05) is 6.54 Å². The van der Waals surface area contributed by atoms with Crippen LogP contribution in [0.4, 0.5) is 0 Å². The van der Waals surface area contributed by atoms with E-state index in [1.165, 1.54) is 11.1 Å². The number of aromatic nitrogens is 1. The summed E-state index contributed by atoms with van der Waals surface area (Å²) < 4.78 is 1.89. The van der Waals surface area contributed by atoms with Gasteiger partial charge in [-0.2, -0.15) is 4.57 Å². The average molecular weight is 410 g/mol. The molecule has 2 atom stereocenters. The third kappa shape index (κ3) is 5.83. The molecule has 0 aliphatic carbocycles. The second-order valence-electron chi connectivity index (χ2n) is 8.52. The number of hydrogen-bond acceptors (Lipinski definition) is 2. The highest BCUT2D eigenvalue weighted by Gasteiger charge is 2.33. The monoisotopic (exact) mass is 409 g/mol. The van der Waals surface area contributed by atoms with Gasteiger partial charge in [-0.05, 0) is 28.9 Å². The standard InChI is InChI=1S/C25H32N2OS/c1-7-15-26-24(29)22(27-16-13-21(14-17-27)25(4,5)6)23(28)20-11-9-19(10-12-20)18(3)8-2/h7,9-14,16-18,22H,1,8,15H2,2-6H3/p+1/t18-,22-/m0/s1. The maximum absolute atomic E-state index is 13.4. The molecule has 0 fully saturated rings. The SMILES string of the molecule is C=CCNC(=S)[C@H](C(=O)c1ccc([C@@H](C)CC)cc1)[n+]1ccc(C(C)(C)C)cc1. The molecular formula is C25H33N2OS+. The molecule has 4 heteroatoms. The van der Waals surface area contributed by atoms with Crippen molar-refractivity contribution in [3.8, 4) is 0 Å². The van der Waals surface area contributed by atoms with Crippen LogP contribution >= 0.6 is 12.2 Å². The maximum atomic E-state index is 13.4. The first-order chi connectivity index (χ1) is 13.7. The molecule has 1 aromatic carbocycles. The number of carbonyl (C=O) groups is 1. The van der Waals surface area contributed by atoms with Gasteiger partial charge in [-0.3, -0.25) is 4.79 Å². The van der Waals surface area contributed by atoms with Crippen molar-refractivity contribution in [2.45, 2.75) is 58.4 Å². The third-order valence-corrected chi connectivity index (χ3v) is 5.68. The Morgan fingerprint density at radius 1 is 1.17 bits per heavy atom. The van der Waals surface area contributed by atoms with Crippen LogP contribution in [0.25, 0.3) is 0 Å². The minimum Gasteiger partial charge on any atom is -0.370 e. The molecule has 2 aromatic rings. The topological polar surface area (TPSA) is 33.0 Å². The van der Waals surface area contributed by atoms with Gasteiger partial charge >= 0.3 is 0 Å². The largest absolute Gasteiger partial charge is 0.370 e. The number of pyridine rings is 1. The highest BCUT2D eigenvalue weighted by Crippen LogP contribution is 2.22. The van der Waals surface area contributed by atoms with E-state index in [4.69, 9.17) is 12.2 Å². The van der Waals surface area contributed by atoms with Crippen LogP contribution in [0.3, 0.4) is 0 Å². The molecule has 1 aromatic heterocycles. The summed E-state index contributed by atoms with van der Waals surface area (Å²) in [6.07, 6.45) is 6.70. The molecule has 0 saturated carbocycles. The fourth-order valence-electron chi connectivity index (χ4n) is 3.14. The molecule has 0 bridgehead atoms. The molecule has 29 heavy (non-hydrogen) atoms. The second kappa shape index (κ2) is 9.93. The highest BCUT2D eigenvalue weighted by molar-refractivity contribution is 7.80. The lowest BCUT2D eigenvalue weighted by atomic mass is 9.88. The number of carbonyl (C=O) groups excluding carboxylic acids is 1. The molecule has 0 spiro atoms. The van der Waals surface area contributed by atoms with Crippen molar-refractivity contribution in [2.24, 2.45) is 0 Å². The van der Waals surface area contributed by atoms with Crippen molar-refractivity contribution in [3.05, 3.63) is 78.1 Å². The maximum Gasteiger partial charge on any atom is 0.270 e. The van der Waals surface area contributed by atoms with E-state index in [0.29, 0.717) is 23.0 Å². The van der Waals surface area contributed by atoms with Gasteiger partial charge in [0.05, 0.1) is 0 Å². The van der Waals surface area contributed by atoms with Gasteiger partial charge < -0.3 is 5.32 Å². The number of hydrogen-bond donors (Lipinski definition) is 1. The first-order valence-corrected chi connectivity index (χ1v) is 10.6. The highest BCUT2D eigenvalue weighted by atomic mass is 32.1. The van der Waals surface area contributed by atoms with Crippen molar-refractivity contribution >= 4 is 23.0 Å². The quantitative estimate of drug-likeness (QED) is 0.277. The van der Waals surface area contributed by atoms with Crippen molar-refractivity contribution < 1.29 is 9.36 Å². The first-order valence-electron chi connectivity index (χ1n) is 10.2. The number of nitrogens with one attached hydrogen (secondary N) is 1. The lowest BCUT2D eigenvalue weighted by molar-refractivity contribution is -0.692. The summed E-state index contributed by atoms with van der Waals surface area (Å²) in [5, 5.41) is 3.14. The van der Waals surface area contributed by atoms with Crippen LogP contribution in [-0.4, -0.2) is 17.3 Å². The van der Waals surface area contributed by atoms with Gasteiger partial charge in [0.25, 0.3) is 6.04 Å². The van der Waals surface area contributed by atoms with E-state index in [1.807, 2.05) is 41.2 Å². The summed E-state index contributed by atoms with van der Waals surface area (Å²) in [5.41, 5.74) is 3.17. The van der Waals surface area contributed by atoms with Gasteiger partial charge in [-0.25, -0.2) is 0 Å². The summed E-state index contributed by atoms with van der Waals surface area (Å²) in [4.78, 5) is 13.9. The normalized spacial score (nSPS) is 13.4. The van der Waals surface area contributed by atoms with E-state index in [-0.39, 0.29) is 11.2 Å². The molecule has 2 rings (SSSR count). The van der Waals surface area contributed by atoms with Crippen LogP contribution in [0.2, 0.25) is 0 Å². The molecule has 0 radical (unpaired) electrons. The van der Waals surface area contributed by atoms with Crippen LogP contribution < -0.4 is 9.88 Å². The lowest BCUT2D eigenvalue weighted by Crippen LogP contribution is -2.51. The predicted molar refractivity (Wildman–Crippen MR) is 125 cm³/mol. The molecule has 1 heterocycles. The molecule has 0 aliphatic heterocycles. The fraction of sp³-hybridized carbons (Fsp3) is 0.400. The fourth-order valence-corrected chi connectivity index (χ4v) is 3.45. The van der Waals surface area contributed by atoms with Crippen molar-refractivity contribution in [3.63, 3.8) is 0 Å². The van der Waals surface area contributed by atoms with E-state index in [1.54, 1.807) is 6.08 Å². The Hall–Kier alpha value is -2.33. The van der Waals surface area contributed by atoms with Crippen molar-refractivity contribution in [1.82, 2.24) is 5.32 Å². The Morgan fingerprint density at radius 2 is 1.76 bits per heavy atom.